The van der Waals surface area contributed by atoms with Gasteiger partial charge in [0.25, 0.3) is 0 Å². The number of hydrogen-bond acceptors (Lipinski definition) is 3. The quantitative estimate of drug-likeness (QED) is 0.744. The molecule has 0 aromatic rings. The van der Waals surface area contributed by atoms with E-state index in [-0.39, 0.29) is 18.5 Å². The Morgan fingerprint density at radius 3 is 2.75 bits per heavy atom. The third kappa shape index (κ3) is 2.74. The minimum Gasteiger partial charge on any atom is -0.481 e. The van der Waals surface area contributed by atoms with E-state index >= 15 is 0 Å². The Bertz CT molecular complexity index is 290. The molecule has 1 heterocycles. The van der Waals surface area contributed by atoms with Crippen LogP contribution < -0.4 is 0 Å². The predicted molar refractivity (Wildman–Crippen MR) is 58.1 cm³/mol. The minimum absolute atomic E-state index is 0.0422. The first kappa shape index (κ1) is 12.5. The van der Waals surface area contributed by atoms with Gasteiger partial charge in [-0.15, -0.1) is 6.58 Å². The van der Waals surface area contributed by atoms with Crippen LogP contribution in [0.2, 0.25) is 0 Å². The van der Waals surface area contributed by atoms with Crippen molar-refractivity contribution in [1.82, 2.24) is 4.90 Å². The molecule has 1 amide bonds. The van der Waals surface area contributed by atoms with E-state index in [0.29, 0.717) is 6.42 Å². The molecule has 1 aliphatic heterocycles. The van der Waals surface area contributed by atoms with Gasteiger partial charge >= 0.3 is 12.1 Å². The van der Waals surface area contributed by atoms with Crippen LogP contribution in [-0.2, 0) is 9.53 Å². The fourth-order valence-electron chi connectivity index (χ4n) is 2.13. The molecule has 1 fully saturated rings. The monoisotopic (exact) mass is 227 g/mol. The zero-order chi connectivity index (χ0) is 12.1. The summed E-state index contributed by atoms with van der Waals surface area (Å²) in [6.07, 6.45) is 3.57. The number of carboxylic acid groups (broad SMARTS) is 1. The van der Waals surface area contributed by atoms with Crippen molar-refractivity contribution in [3.8, 4) is 0 Å². The maximum absolute atomic E-state index is 11.6. The molecular formula is C11H17NO4. The van der Waals surface area contributed by atoms with Crippen LogP contribution in [0.5, 0.6) is 0 Å². The molecule has 0 radical (unpaired) electrons. The van der Waals surface area contributed by atoms with Crippen LogP contribution in [0.4, 0.5) is 4.79 Å². The Morgan fingerprint density at radius 2 is 2.25 bits per heavy atom. The molecule has 1 N–H and O–H groups in total. The van der Waals surface area contributed by atoms with Crippen LogP contribution in [0.3, 0.4) is 0 Å². The van der Waals surface area contributed by atoms with Gasteiger partial charge in [-0.3, -0.25) is 9.69 Å². The molecular weight excluding hydrogens is 210 g/mol. The maximum atomic E-state index is 11.6. The lowest BCUT2D eigenvalue weighted by Gasteiger charge is -2.39. The van der Waals surface area contributed by atoms with Crippen LogP contribution in [0.15, 0.2) is 12.7 Å². The molecule has 1 rings (SSSR count). The molecule has 1 aliphatic rings. The molecule has 1 saturated heterocycles. The highest BCUT2D eigenvalue weighted by Gasteiger charge is 2.34. The first-order valence-electron chi connectivity index (χ1n) is 5.30. The van der Waals surface area contributed by atoms with Crippen molar-refractivity contribution in [2.24, 2.45) is 0 Å². The van der Waals surface area contributed by atoms with Gasteiger partial charge in [-0.05, 0) is 19.3 Å². The van der Waals surface area contributed by atoms with Crippen molar-refractivity contribution in [2.75, 3.05) is 7.11 Å². The molecule has 0 aromatic carbocycles. The fraction of sp³-hybridized carbons (Fsp3) is 0.636. The zero-order valence-corrected chi connectivity index (χ0v) is 9.39. The molecule has 5 heteroatoms. The van der Waals surface area contributed by atoms with Crippen LogP contribution >= 0.6 is 0 Å². The number of hydrogen-bond donors (Lipinski definition) is 1. The van der Waals surface area contributed by atoms with Crippen molar-refractivity contribution in [2.45, 2.75) is 37.8 Å². The third-order valence-electron chi connectivity index (χ3n) is 2.86. The number of carbonyl (C=O) groups is 2. The summed E-state index contributed by atoms with van der Waals surface area (Å²) < 4.78 is 4.68. The minimum atomic E-state index is -0.899. The highest BCUT2D eigenvalue weighted by atomic mass is 16.5. The Balaban J connectivity index is 2.82. The van der Waals surface area contributed by atoms with Crippen molar-refractivity contribution in [1.29, 1.82) is 0 Å². The standard InChI is InChI=1S/C11H17NO4/c1-3-8-5-4-6-9(7-10(13)14)12(8)11(15)16-2/h3,8-9H,1,4-7H2,2H3,(H,13,14)/t8-,9-/m0/s1. The summed E-state index contributed by atoms with van der Waals surface area (Å²) in [4.78, 5) is 23.8. The number of piperidine rings is 1. The number of nitrogens with zero attached hydrogens (tertiary/aromatic N) is 1. The van der Waals surface area contributed by atoms with E-state index in [1.165, 1.54) is 12.0 Å². The number of likely N-dealkylation sites (tertiary alicyclic amines) is 1. The maximum Gasteiger partial charge on any atom is 0.410 e. The van der Waals surface area contributed by atoms with E-state index in [4.69, 9.17) is 5.11 Å². The van der Waals surface area contributed by atoms with Gasteiger partial charge in [0.1, 0.15) is 0 Å². The van der Waals surface area contributed by atoms with E-state index in [1.54, 1.807) is 6.08 Å². The van der Waals surface area contributed by atoms with Gasteiger partial charge in [0.2, 0.25) is 0 Å². The number of aliphatic carboxylic acids is 1. The number of ether oxygens (including phenoxy) is 1. The molecule has 0 bridgehead atoms. The predicted octanol–water partition coefficient (Wildman–Crippen LogP) is 1.64. The molecule has 16 heavy (non-hydrogen) atoms. The Hall–Kier alpha value is -1.52. The average molecular weight is 227 g/mol. The summed E-state index contributed by atoms with van der Waals surface area (Å²) in [7, 11) is 1.30. The normalized spacial score (nSPS) is 24.9. The molecule has 90 valence electrons. The topological polar surface area (TPSA) is 66.8 Å². The Kier molecular flexibility index (Phi) is 4.34. The van der Waals surface area contributed by atoms with Crippen LogP contribution in [-0.4, -0.2) is 41.3 Å². The van der Waals surface area contributed by atoms with E-state index in [1.807, 2.05) is 0 Å². The summed E-state index contributed by atoms with van der Waals surface area (Å²) in [6.45, 7) is 3.67. The van der Waals surface area contributed by atoms with Crippen molar-refractivity contribution in [3.63, 3.8) is 0 Å². The van der Waals surface area contributed by atoms with Crippen molar-refractivity contribution in [3.05, 3.63) is 12.7 Å². The number of amides is 1. The van der Waals surface area contributed by atoms with Gasteiger partial charge in [0.15, 0.2) is 0 Å². The fourth-order valence-corrected chi connectivity index (χ4v) is 2.13. The molecule has 0 spiro atoms. The second kappa shape index (κ2) is 5.53. The van der Waals surface area contributed by atoms with Crippen LogP contribution in [0.1, 0.15) is 25.7 Å². The molecule has 0 unspecified atom stereocenters. The van der Waals surface area contributed by atoms with E-state index < -0.39 is 12.1 Å². The van der Waals surface area contributed by atoms with E-state index in [0.717, 1.165) is 12.8 Å². The van der Waals surface area contributed by atoms with Gasteiger partial charge in [-0.25, -0.2) is 4.79 Å². The molecule has 0 aliphatic carbocycles. The smallest absolute Gasteiger partial charge is 0.410 e. The highest BCUT2D eigenvalue weighted by molar-refractivity contribution is 5.72. The number of rotatable bonds is 3. The summed E-state index contributed by atoms with van der Waals surface area (Å²) in [5, 5.41) is 8.79. The SMILES string of the molecule is C=C[C@H]1CCC[C@@H](CC(=O)O)N1C(=O)OC. The second-order valence-corrected chi connectivity index (χ2v) is 3.86. The summed E-state index contributed by atoms with van der Waals surface area (Å²) in [5.74, 6) is -0.899. The van der Waals surface area contributed by atoms with Gasteiger partial charge in [0.05, 0.1) is 19.6 Å². The van der Waals surface area contributed by atoms with Gasteiger partial charge in [0, 0.05) is 6.04 Å². The largest absolute Gasteiger partial charge is 0.481 e. The number of carboxylic acids is 1. The van der Waals surface area contributed by atoms with Crippen molar-refractivity contribution < 1.29 is 19.4 Å². The Morgan fingerprint density at radius 1 is 1.56 bits per heavy atom. The lowest BCUT2D eigenvalue weighted by molar-refractivity contribution is -0.138. The molecule has 0 aromatic heterocycles. The molecule has 0 saturated carbocycles. The number of carbonyl (C=O) groups excluding carboxylic acids is 1. The highest BCUT2D eigenvalue weighted by Crippen LogP contribution is 2.26. The van der Waals surface area contributed by atoms with Gasteiger partial charge in [-0.2, -0.15) is 0 Å². The average Bonchev–Trinajstić information content (AvgIpc) is 2.27. The van der Waals surface area contributed by atoms with Crippen LogP contribution in [0, 0.1) is 0 Å². The summed E-state index contributed by atoms with van der Waals surface area (Å²) in [5.41, 5.74) is 0. The summed E-state index contributed by atoms with van der Waals surface area (Å²) in [6, 6.07) is -0.410. The Labute approximate surface area is 94.7 Å². The zero-order valence-electron chi connectivity index (χ0n) is 9.39. The summed E-state index contributed by atoms with van der Waals surface area (Å²) >= 11 is 0. The lowest BCUT2D eigenvalue weighted by Crippen LogP contribution is -2.50. The second-order valence-electron chi connectivity index (χ2n) is 3.86. The van der Waals surface area contributed by atoms with Gasteiger partial charge < -0.3 is 9.84 Å². The molecule has 5 nitrogen and oxygen atoms in total. The number of methoxy groups -OCH3 is 1. The van der Waals surface area contributed by atoms with Crippen molar-refractivity contribution >= 4 is 12.1 Å². The van der Waals surface area contributed by atoms with Gasteiger partial charge in [-0.1, -0.05) is 6.08 Å². The van der Waals surface area contributed by atoms with E-state index in [2.05, 4.69) is 11.3 Å². The first-order chi connectivity index (χ1) is 7.60. The third-order valence-corrected chi connectivity index (χ3v) is 2.86. The lowest BCUT2D eigenvalue weighted by atomic mass is 9.94. The van der Waals surface area contributed by atoms with E-state index in [9.17, 15) is 9.59 Å². The molecule has 2 atom stereocenters. The van der Waals surface area contributed by atoms with Crippen LogP contribution in [0.25, 0.3) is 0 Å². The first-order valence-corrected chi connectivity index (χ1v) is 5.30.